The summed E-state index contributed by atoms with van der Waals surface area (Å²) in [5, 5.41) is 0. The number of hydrogen-bond donors (Lipinski definition) is 1. The number of nitrogens with one attached hydrogen (secondary N) is 1. The van der Waals surface area contributed by atoms with Crippen LogP contribution in [0.4, 0.5) is 35.1 Å². The molecule has 0 amide bonds. The minimum Gasteiger partial charge on any atom is -0.207 e. The summed E-state index contributed by atoms with van der Waals surface area (Å²) in [6.07, 6.45) is -5.08. The van der Waals surface area contributed by atoms with Gasteiger partial charge in [-0.15, -0.1) is 0 Å². The predicted octanol–water partition coefficient (Wildman–Crippen LogP) is 6.51. The van der Waals surface area contributed by atoms with Crippen molar-refractivity contribution in [2.45, 2.75) is 88.4 Å². The largest absolute Gasteiger partial charge is 0.379 e. The van der Waals surface area contributed by atoms with Gasteiger partial charge in [-0.05, 0) is 34.4 Å². The van der Waals surface area contributed by atoms with Gasteiger partial charge in [-0.2, -0.15) is 26.3 Å². The van der Waals surface area contributed by atoms with Crippen LogP contribution in [0.5, 0.6) is 0 Å². The molecule has 12 heteroatoms. The van der Waals surface area contributed by atoms with E-state index in [1.54, 1.807) is 39.8 Å². The third kappa shape index (κ3) is 5.37. The maximum atomic E-state index is 13.9. The molecule has 1 rings (SSSR count). The van der Waals surface area contributed by atoms with Crippen LogP contribution >= 0.6 is 0 Å². The van der Waals surface area contributed by atoms with Crippen LogP contribution in [0.2, 0.25) is 0 Å². The number of benzene rings is 1. The summed E-state index contributed by atoms with van der Waals surface area (Å²) < 4.78 is 133. The number of halogens is 8. The second kappa shape index (κ2) is 9.44. The molecule has 0 aliphatic carbocycles. The third-order valence-corrected chi connectivity index (χ3v) is 6.52. The van der Waals surface area contributed by atoms with Crippen LogP contribution in [0.1, 0.15) is 76.0 Å². The summed E-state index contributed by atoms with van der Waals surface area (Å²) in [6, 6.07) is 3.10. The van der Waals surface area contributed by atoms with E-state index in [0.29, 0.717) is 0 Å². The molecular formula is C20H27F8NO2S. The highest BCUT2D eigenvalue weighted by Gasteiger charge is 2.75. The van der Waals surface area contributed by atoms with Crippen molar-refractivity contribution >= 4 is 10.0 Å². The lowest BCUT2D eigenvalue weighted by Crippen LogP contribution is -2.61. The SMILES string of the molecule is CC(C)c1cc(C(C)C)c(S(=O)(=O)NCC(F)(F)C(F)(F)C(F)(F)C(F)F)c(C(C)C)c1. The van der Waals surface area contributed by atoms with Crippen LogP contribution in [0, 0.1) is 0 Å². The first kappa shape index (κ1) is 28.6. The molecule has 0 bridgehead atoms. The molecule has 0 saturated heterocycles. The van der Waals surface area contributed by atoms with Gasteiger partial charge in [0.15, 0.2) is 0 Å². The van der Waals surface area contributed by atoms with Gasteiger partial charge in [0.05, 0.1) is 11.4 Å². The molecule has 0 fully saturated rings. The zero-order chi connectivity index (χ0) is 25.4. The molecule has 0 spiro atoms. The van der Waals surface area contributed by atoms with Crippen molar-refractivity contribution in [2.24, 2.45) is 0 Å². The molecule has 0 aliphatic rings. The zero-order valence-corrected chi connectivity index (χ0v) is 19.2. The maximum Gasteiger partial charge on any atom is 0.379 e. The van der Waals surface area contributed by atoms with Gasteiger partial charge in [-0.3, -0.25) is 0 Å². The lowest BCUT2D eigenvalue weighted by molar-refractivity contribution is -0.335. The van der Waals surface area contributed by atoms with Crippen molar-refractivity contribution in [3.05, 3.63) is 28.8 Å². The Labute approximate surface area is 182 Å². The van der Waals surface area contributed by atoms with Gasteiger partial charge < -0.3 is 0 Å². The van der Waals surface area contributed by atoms with Crippen LogP contribution in [0.3, 0.4) is 0 Å². The normalized spacial score (nSPS) is 14.3. The Bertz CT molecular complexity index is 883. The molecule has 1 N–H and O–H groups in total. The molecule has 1 aromatic rings. The summed E-state index contributed by atoms with van der Waals surface area (Å²) in [5.41, 5.74) is 1.20. The molecular weight excluding hydrogens is 470 g/mol. The number of sulfonamides is 1. The second-order valence-corrected chi connectivity index (χ2v) is 10.2. The van der Waals surface area contributed by atoms with Crippen LogP contribution < -0.4 is 4.72 Å². The molecule has 0 aliphatic heterocycles. The molecule has 0 unspecified atom stereocenters. The maximum absolute atomic E-state index is 13.9. The Morgan fingerprint density at radius 1 is 0.812 bits per heavy atom. The number of rotatable bonds is 10. The van der Waals surface area contributed by atoms with E-state index in [2.05, 4.69) is 0 Å². The van der Waals surface area contributed by atoms with E-state index in [0.717, 1.165) is 5.56 Å². The molecule has 186 valence electrons. The first-order valence-corrected chi connectivity index (χ1v) is 11.3. The average molecular weight is 497 g/mol. The third-order valence-electron chi connectivity index (χ3n) is 4.98. The number of alkyl halides is 8. The van der Waals surface area contributed by atoms with Crippen molar-refractivity contribution in [2.75, 3.05) is 6.54 Å². The molecule has 0 heterocycles. The van der Waals surface area contributed by atoms with Crippen LogP contribution in [0.25, 0.3) is 0 Å². The van der Waals surface area contributed by atoms with Gasteiger partial charge in [0.1, 0.15) is 0 Å². The van der Waals surface area contributed by atoms with E-state index < -0.39 is 57.5 Å². The van der Waals surface area contributed by atoms with E-state index in [1.807, 2.05) is 13.8 Å². The summed E-state index contributed by atoms with van der Waals surface area (Å²) >= 11 is 0. The summed E-state index contributed by atoms with van der Waals surface area (Å²) in [7, 11) is -4.91. The van der Waals surface area contributed by atoms with Crippen molar-refractivity contribution in [3.63, 3.8) is 0 Å². The van der Waals surface area contributed by atoms with Gasteiger partial charge in [0.2, 0.25) is 10.0 Å². The minimum atomic E-state index is -6.50. The Balaban J connectivity index is 3.53. The minimum absolute atomic E-state index is 0.0192. The van der Waals surface area contributed by atoms with Crippen LogP contribution in [0.15, 0.2) is 17.0 Å². The highest BCUT2D eigenvalue weighted by Crippen LogP contribution is 2.48. The first-order valence-electron chi connectivity index (χ1n) is 9.79. The van der Waals surface area contributed by atoms with E-state index in [4.69, 9.17) is 0 Å². The Hall–Kier alpha value is -1.43. The number of hydrogen-bond acceptors (Lipinski definition) is 2. The highest BCUT2D eigenvalue weighted by atomic mass is 32.2. The van der Waals surface area contributed by atoms with Gasteiger partial charge in [0, 0.05) is 0 Å². The second-order valence-electron chi connectivity index (χ2n) is 8.52. The summed E-state index contributed by atoms with van der Waals surface area (Å²) in [5.74, 6) is -19.5. The summed E-state index contributed by atoms with van der Waals surface area (Å²) in [4.78, 5) is -0.424. The molecule has 3 nitrogen and oxygen atoms in total. The highest BCUT2D eigenvalue weighted by molar-refractivity contribution is 7.89. The van der Waals surface area contributed by atoms with E-state index >= 15 is 0 Å². The average Bonchev–Trinajstić information content (AvgIpc) is 2.64. The van der Waals surface area contributed by atoms with Crippen molar-refractivity contribution < 1.29 is 43.5 Å². The van der Waals surface area contributed by atoms with Crippen molar-refractivity contribution in [1.29, 1.82) is 0 Å². The van der Waals surface area contributed by atoms with E-state index in [-0.39, 0.29) is 17.0 Å². The van der Waals surface area contributed by atoms with Crippen LogP contribution in [-0.4, -0.2) is 39.2 Å². The fourth-order valence-corrected chi connectivity index (χ4v) is 4.68. The Kier molecular flexibility index (Phi) is 8.44. The first-order chi connectivity index (χ1) is 14.2. The van der Waals surface area contributed by atoms with Gasteiger partial charge in [-0.1, -0.05) is 53.7 Å². The molecule has 0 radical (unpaired) electrons. The zero-order valence-electron chi connectivity index (χ0n) is 18.4. The molecule has 0 atom stereocenters. The molecule has 1 aromatic carbocycles. The monoisotopic (exact) mass is 497 g/mol. The fourth-order valence-electron chi connectivity index (χ4n) is 2.95. The topological polar surface area (TPSA) is 46.2 Å². The molecule has 32 heavy (non-hydrogen) atoms. The predicted molar refractivity (Wildman–Crippen MR) is 105 cm³/mol. The van der Waals surface area contributed by atoms with Crippen molar-refractivity contribution in [3.8, 4) is 0 Å². The van der Waals surface area contributed by atoms with Crippen molar-refractivity contribution in [1.82, 2.24) is 4.72 Å². The lowest BCUT2D eigenvalue weighted by atomic mass is 9.89. The quantitative estimate of drug-likeness (QED) is 0.375. The lowest BCUT2D eigenvalue weighted by Gasteiger charge is -2.32. The van der Waals surface area contributed by atoms with Crippen LogP contribution in [-0.2, 0) is 10.0 Å². The van der Waals surface area contributed by atoms with Gasteiger partial charge in [-0.25, -0.2) is 21.9 Å². The summed E-state index contributed by atoms with van der Waals surface area (Å²) in [6.45, 7) is 7.74. The fraction of sp³-hybridized carbons (Fsp3) is 0.700. The van der Waals surface area contributed by atoms with E-state index in [9.17, 15) is 43.5 Å². The Morgan fingerprint density at radius 2 is 1.22 bits per heavy atom. The molecule has 0 aromatic heterocycles. The smallest absolute Gasteiger partial charge is 0.207 e. The van der Waals surface area contributed by atoms with Gasteiger partial charge in [0.25, 0.3) is 0 Å². The molecule has 0 saturated carbocycles. The van der Waals surface area contributed by atoms with E-state index in [1.165, 1.54) is 4.72 Å². The standard InChI is InChI=1S/C20H27F8NO2S/c1-10(2)13-7-14(11(3)4)16(15(8-13)12(5)6)32(30,31)29-9-18(23,24)20(27,28)19(25,26)17(21)22/h7-8,10-12,17,29H,9H2,1-6H3. The van der Waals surface area contributed by atoms with Gasteiger partial charge >= 0.3 is 24.2 Å². The Morgan fingerprint density at radius 3 is 1.53 bits per heavy atom.